The SMILES string of the molecule is Cc1cc(-n2cncn2)ccc1C(=O)N1CCSCC1CC(=O)O. The molecule has 1 aromatic carbocycles. The van der Waals surface area contributed by atoms with Gasteiger partial charge in [0.15, 0.2) is 0 Å². The highest BCUT2D eigenvalue weighted by Crippen LogP contribution is 2.23. The van der Waals surface area contributed by atoms with Gasteiger partial charge in [-0.1, -0.05) is 0 Å². The van der Waals surface area contributed by atoms with E-state index in [1.54, 1.807) is 33.7 Å². The van der Waals surface area contributed by atoms with Gasteiger partial charge in [-0.15, -0.1) is 0 Å². The summed E-state index contributed by atoms with van der Waals surface area (Å²) in [6.07, 6.45) is 3.03. The summed E-state index contributed by atoms with van der Waals surface area (Å²) in [7, 11) is 0. The van der Waals surface area contributed by atoms with Crippen LogP contribution in [0.15, 0.2) is 30.9 Å². The smallest absolute Gasteiger partial charge is 0.305 e. The second-order valence-corrected chi connectivity index (χ2v) is 6.81. The minimum absolute atomic E-state index is 0.0190. The molecule has 1 atom stereocenters. The van der Waals surface area contributed by atoms with Crippen LogP contribution >= 0.6 is 11.8 Å². The largest absolute Gasteiger partial charge is 0.481 e. The Kier molecular flexibility index (Phi) is 4.84. The van der Waals surface area contributed by atoms with E-state index in [4.69, 9.17) is 5.11 Å². The third-order valence-electron chi connectivity index (χ3n) is 4.02. The Morgan fingerprint density at radius 1 is 1.42 bits per heavy atom. The number of rotatable bonds is 4. The van der Waals surface area contributed by atoms with Gasteiger partial charge >= 0.3 is 5.97 Å². The molecular weight excluding hydrogens is 328 g/mol. The summed E-state index contributed by atoms with van der Waals surface area (Å²) >= 11 is 1.69. The normalized spacial score (nSPS) is 17.7. The van der Waals surface area contributed by atoms with Gasteiger partial charge in [0.25, 0.3) is 5.91 Å². The van der Waals surface area contributed by atoms with Crippen molar-refractivity contribution in [2.75, 3.05) is 18.1 Å². The highest BCUT2D eigenvalue weighted by molar-refractivity contribution is 7.99. The maximum absolute atomic E-state index is 12.9. The summed E-state index contributed by atoms with van der Waals surface area (Å²) in [5.41, 5.74) is 2.26. The molecule has 2 heterocycles. The zero-order valence-corrected chi connectivity index (χ0v) is 14.1. The lowest BCUT2D eigenvalue weighted by Gasteiger charge is -2.35. The topological polar surface area (TPSA) is 88.3 Å². The zero-order chi connectivity index (χ0) is 17.1. The second kappa shape index (κ2) is 7.04. The number of aryl methyl sites for hydroxylation is 1. The van der Waals surface area contributed by atoms with Crippen LogP contribution in [0.25, 0.3) is 5.69 Å². The Hall–Kier alpha value is -2.35. The van der Waals surface area contributed by atoms with E-state index in [9.17, 15) is 9.59 Å². The van der Waals surface area contributed by atoms with Crippen molar-refractivity contribution < 1.29 is 14.7 Å². The monoisotopic (exact) mass is 346 g/mol. The molecule has 2 aromatic rings. The third kappa shape index (κ3) is 3.43. The van der Waals surface area contributed by atoms with E-state index in [1.807, 2.05) is 19.1 Å². The van der Waals surface area contributed by atoms with Crippen molar-refractivity contribution >= 4 is 23.6 Å². The van der Waals surface area contributed by atoms with Crippen LogP contribution in [0.5, 0.6) is 0 Å². The molecule has 0 spiro atoms. The van der Waals surface area contributed by atoms with E-state index in [0.717, 1.165) is 17.0 Å². The Bertz CT molecular complexity index is 748. The number of hydrogen-bond acceptors (Lipinski definition) is 5. The first-order chi connectivity index (χ1) is 11.6. The summed E-state index contributed by atoms with van der Waals surface area (Å²) in [5, 5.41) is 13.1. The van der Waals surface area contributed by atoms with Gasteiger partial charge in [-0.05, 0) is 30.7 Å². The molecule has 0 bridgehead atoms. The van der Waals surface area contributed by atoms with Crippen LogP contribution in [0.3, 0.4) is 0 Å². The van der Waals surface area contributed by atoms with Crippen molar-refractivity contribution in [3.63, 3.8) is 0 Å². The molecule has 1 N–H and O–H groups in total. The number of benzene rings is 1. The van der Waals surface area contributed by atoms with E-state index in [0.29, 0.717) is 17.9 Å². The molecule has 24 heavy (non-hydrogen) atoms. The van der Waals surface area contributed by atoms with Crippen molar-refractivity contribution in [3.05, 3.63) is 42.0 Å². The lowest BCUT2D eigenvalue weighted by Crippen LogP contribution is -2.47. The predicted molar refractivity (Wildman–Crippen MR) is 90.5 cm³/mol. The molecule has 1 amide bonds. The zero-order valence-electron chi connectivity index (χ0n) is 13.3. The number of carboxylic acids is 1. The number of thioether (sulfide) groups is 1. The molecule has 8 heteroatoms. The number of hydrogen-bond donors (Lipinski definition) is 1. The van der Waals surface area contributed by atoms with Crippen LogP contribution in [0.4, 0.5) is 0 Å². The maximum atomic E-state index is 12.9. The lowest BCUT2D eigenvalue weighted by atomic mass is 10.0. The quantitative estimate of drug-likeness (QED) is 0.905. The average Bonchev–Trinajstić information content (AvgIpc) is 3.08. The predicted octanol–water partition coefficient (Wildman–Crippen LogP) is 1.61. The molecule has 1 aliphatic heterocycles. The van der Waals surface area contributed by atoms with Gasteiger partial charge < -0.3 is 10.0 Å². The molecule has 1 unspecified atom stereocenters. The molecule has 3 rings (SSSR count). The van der Waals surface area contributed by atoms with E-state index < -0.39 is 5.97 Å². The van der Waals surface area contributed by atoms with E-state index in [2.05, 4.69) is 10.1 Å². The molecule has 1 aromatic heterocycles. The Morgan fingerprint density at radius 3 is 2.92 bits per heavy atom. The number of nitrogens with zero attached hydrogens (tertiary/aromatic N) is 4. The first kappa shape index (κ1) is 16.5. The van der Waals surface area contributed by atoms with Crippen LogP contribution < -0.4 is 0 Å². The fourth-order valence-corrected chi connectivity index (χ4v) is 3.88. The lowest BCUT2D eigenvalue weighted by molar-refractivity contribution is -0.138. The first-order valence-electron chi connectivity index (χ1n) is 7.62. The van der Waals surface area contributed by atoms with Crippen LogP contribution in [-0.2, 0) is 4.79 Å². The van der Waals surface area contributed by atoms with Gasteiger partial charge in [-0.3, -0.25) is 9.59 Å². The first-order valence-corrected chi connectivity index (χ1v) is 8.78. The number of aliphatic carboxylic acids is 1. The van der Waals surface area contributed by atoms with E-state index in [1.165, 1.54) is 6.33 Å². The summed E-state index contributed by atoms with van der Waals surface area (Å²) in [6.45, 7) is 2.45. The maximum Gasteiger partial charge on any atom is 0.305 e. The van der Waals surface area contributed by atoms with Gasteiger partial charge in [0, 0.05) is 23.6 Å². The summed E-state index contributed by atoms with van der Waals surface area (Å²) in [4.78, 5) is 29.6. The van der Waals surface area contributed by atoms with Crippen molar-refractivity contribution in [2.45, 2.75) is 19.4 Å². The Balaban J connectivity index is 1.84. The van der Waals surface area contributed by atoms with Crippen LogP contribution in [0.1, 0.15) is 22.3 Å². The van der Waals surface area contributed by atoms with Crippen LogP contribution in [0, 0.1) is 6.92 Å². The molecule has 126 valence electrons. The van der Waals surface area contributed by atoms with Crippen LogP contribution in [-0.4, -0.2) is 60.7 Å². The number of carbonyl (C=O) groups excluding carboxylic acids is 1. The standard InChI is InChI=1S/C16H18N4O3S/c1-11-6-12(20-10-17-9-18-20)2-3-14(11)16(23)19-4-5-24-8-13(19)7-15(21)22/h2-3,6,9-10,13H,4-5,7-8H2,1H3,(H,21,22). The van der Waals surface area contributed by atoms with Crippen molar-refractivity contribution in [2.24, 2.45) is 0 Å². The highest BCUT2D eigenvalue weighted by Gasteiger charge is 2.30. The molecule has 1 aliphatic rings. The van der Waals surface area contributed by atoms with E-state index >= 15 is 0 Å². The van der Waals surface area contributed by atoms with Crippen molar-refractivity contribution in [3.8, 4) is 5.69 Å². The Labute approximate surface area is 143 Å². The molecule has 7 nitrogen and oxygen atoms in total. The summed E-state index contributed by atoms with van der Waals surface area (Å²) < 4.78 is 1.63. The third-order valence-corrected chi connectivity index (χ3v) is 5.11. The summed E-state index contributed by atoms with van der Waals surface area (Å²) in [5.74, 6) is 0.509. The number of amides is 1. The van der Waals surface area contributed by atoms with Gasteiger partial charge in [0.1, 0.15) is 12.7 Å². The minimum atomic E-state index is -0.876. The second-order valence-electron chi connectivity index (χ2n) is 5.66. The molecule has 0 saturated carbocycles. The Morgan fingerprint density at radius 2 is 2.25 bits per heavy atom. The van der Waals surface area contributed by atoms with Crippen LogP contribution in [0.2, 0.25) is 0 Å². The highest BCUT2D eigenvalue weighted by atomic mass is 32.2. The molecule has 0 radical (unpaired) electrons. The van der Waals surface area contributed by atoms with Gasteiger partial charge in [0.05, 0.1) is 18.2 Å². The fraction of sp³-hybridized carbons (Fsp3) is 0.375. The molecule has 1 saturated heterocycles. The average molecular weight is 346 g/mol. The molecule has 0 aliphatic carbocycles. The minimum Gasteiger partial charge on any atom is -0.481 e. The number of carboxylic acid groups (broad SMARTS) is 1. The molecule has 1 fully saturated rings. The van der Waals surface area contributed by atoms with Crippen molar-refractivity contribution in [1.29, 1.82) is 0 Å². The fourth-order valence-electron chi connectivity index (χ4n) is 2.82. The number of carbonyl (C=O) groups is 2. The molecular formula is C16H18N4O3S. The summed E-state index contributed by atoms with van der Waals surface area (Å²) in [6, 6.07) is 5.21. The van der Waals surface area contributed by atoms with Crippen molar-refractivity contribution in [1.82, 2.24) is 19.7 Å². The van der Waals surface area contributed by atoms with E-state index in [-0.39, 0.29) is 18.4 Å². The number of aromatic nitrogens is 3. The van der Waals surface area contributed by atoms with Gasteiger partial charge in [-0.2, -0.15) is 16.9 Å². The van der Waals surface area contributed by atoms with Gasteiger partial charge in [-0.25, -0.2) is 9.67 Å². The van der Waals surface area contributed by atoms with Gasteiger partial charge in [0.2, 0.25) is 0 Å².